The van der Waals surface area contributed by atoms with Crippen LogP contribution in [0.5, 0.6) is 0 Å². The van der Waals surface area contributed by atoms with Gasteiger partial charge in [0.25, 0.3) is 0 Å². The molecule has 3 aromatic rings. The van der Waals surface area contributed by atoms with Crippen LogP contribution in [0.4, 0.5) is 0 Å². The van der Waals surface area contributed by atoms with Crippen molar-refractivity contribution >= 4 is 0 Å². The van der Waals surface area contributed by atoms with Gasteiger partial charge in [0.2, 0.25) is 0 Å². The summed E-state index contributed by atoms with van der Waals surface area (Å²) in [5, 5.41) is 29.9. The normalized spacial score (nSPS) is 23.2. The largest absolute Gasteiger partial charge is 0.394 e. The Bertz CT molecular complexity index is 1000. The van der Waals surface area contributed by atoms with E-state index >= 15 is 0 Å². The van der Waals surface area contributed by atoms with E-state index in [0.29, 0.717) is 6.61 Å². The van der Waals surface area contributed by atoms with Crippen molar-refractivity contribution < 1.29 is 24.8 Å². The zero-order valence-corrected chi connectivity index (χ0v) is 18.2. The minimum Gasteiger partial charge on any atom is -0.394 e. The summed E-state index contributed by atoms with van der Waals surface area (Å²) in [4.78, 5) is 0. The van der Waals surface area contributed by atoms with Crippen LogP contribution in [0, 0.1) is 0 Å². The lowest BCUT2D eigenvalue weighted by Crippen LogP contribution is -2.47. The van der Waals surface area contributed by atoms with Crippen molar-refractivity contribution in [3.8, 4) is 11.1 Å². The molecule has 1 unspecified atom stereocenters. The molecule has 1 aliphatic heterocycles. The van der Waals surface area contributed by atoms with Gasteiger partial charge in [-0.3, -0.25) is 0 Å². The standard InChI is InChI=1S/C27H30O5/c1-31-17-22-12-9-19(14-23(22)25-15-24(29)27(30)26(16-28)32-25)13-18-7-10-21(11-8-18)20-5-3-2-4-6-20/h2-12,14,24-30H,13,15-17H2,1H3/t24?,25-,26-,27+/m1/s1. The maximum absolute atomic E-state index is 10.3. The average molecular weight is 435 g/mol. The number of hydrogen-bond acceptors (Lipinski definition) is 5. The van der Waals surface area contributed by atoms with Crippen LogP contribution >= 0.6 is 0 Å². The van der Waals surface area contributed by atoms with Crippen LogP contribution in [0.2, 0.25) is 0 Å². The highest BCUT2D eigenvalue weighted by atomic mass is 16.5. The Kier molecular flexibility index (Phi) is 7.35. The Morgan fingerprint density at radius 2 is 1.59 bits per heavy atom. The molecule has 32 heavy (non-hydrogen) atoms. The predicted octanol–water partition coefficient (Wildman–Crippen LogP) is 3.63. The SMILES string of the molecule is COCc1ccc(Cc2ccc(-c3ccccc3)cc2)cc1[C@H]1CC(O)[C@H](O)[C@@H](CO)O1. The van der Waals surface area contributed by atoms with E-state index in [1.54, 1.807) is 7.11 Å². The highest BCUT2D eigenvalue weighted by Gasteiger charge is 2.37. The van der Waals surface area contributed by atoms with E-state index in [1.165, 1.54) is 16.7 Å². The van der Waals surface area contributed by atoms with Gasteiger partial charge in [0, 0.05) is 13.5 Å². The molecule has 3 aromatic carbocycles. The monoisotopic (exact) mass is 434 g/mol. The molecule has 0 radical (unpaired) electrons. The van der Waals surface area contributed by atoms with E-state index in [2.05, 4.69) is 48.5 Å². The van der Waals surface area contributed by atoms with Gasteiger partial charge < -0.3 is 24.8 Å². The number of rotatable bonds is 7. The lowest BCUT2D eigenvalue weighted by atomic mass is 9.89. The molecule has 1 fully saturated rings. The fourth-order valence-corrected chi connectivity index (χ4v) is 4.33. The van der Waals surface area contributed by atoms with Crippen LogP contribution in [0.3, 0.4) is 0 Å². The second-order valence-electron chi connectivity index (χ2n) is 8.35. The van der Waals surface area contributed by atoms with Crippen molar-refractivity contribution in [2.24, 2.45) is 0 Å². The van der Waals surface area contributed by atoms with Gasteiger partial charge in [-0.25, -0.2) is 0 Å². The lowest BCUT2D eigenvalue weighted by molar-refractivity contribution is -0.181. The molecule has 168 valence electrons. The topological polar surface area (TPSA) is 79.2 Å². The summed E-state index contributed by atoms with van der Waals surface area (Å²) in [5.74, 6) is 0. The first kappa shape index (κ1) is 22.6. The van der Waals surface area contributed by atoms with Crippen molar-refractivity contribution in [3.63, 3.8) is 0 Å². The molecule has 1 aliphatic rings. The summed E-state index contributed by atoms with van der Waals surface area (Å²) in [7, 11) is 1.64. The van der Waals surface area contributed by atoms with Gasteiger partial charge in [0.05, 0.1) is 25.4 Å². The fraction of sp³-hybridized carbons (Fsp3) is 0.333. The fourth-order valence-electron chi connectivity index (χ4n) is 4.33. The average Bonchev–Trinajstić information content (AvgIpc) is 2.83. The minimum atomic E-state index is -1.09. The van der Waals surface area contributed by atoms with Gasteiger partial charge in [0.1, 0.15) is 12.2 Å². The van der Waals surface area contributed by atoms with Crippen LogP contribution in [-0.2, 0) is 22.5 Å². The molecule has 5 nitrogen and oxygen atoms in total. The van der Waals surface area contributed by atoms with Gasteiger partial charge in [-0.05, 0) is 39.8 Å². The van der Waals surface area contributed by atoms with Crippen LogP contribution < -0.4 is 0 Å². The summed E-state index contributed by atoms with van der Waals surface area (Å²) in [6, 6.07) is 25.1. The molecule has 0 aromatic heterocycles. The molecule has 5 heteroatoms. The second kappa shape index (κ2) is 10.4. The maximum atomic E-state index is 10.3. The number of methoxy groups -OCH3 is 1. The van der Waals surface area contributed by atoms with Crippen molar-refractivity contribution in [1.29, 1.82) is 0 Å². The Morgan fingerprint density at radius 3 is 2.28 bits per heavy atom. The Hall–Kier alpha value is -2.54. The quantitative estimate of drug-likeness (QED) is 0.529. The first-order valence-electron chi connectivity index (χ1n) is 11.0. The molecule has 1 saturated heterocycles. The molecular weight excluding hydrogens is 404 g/mol. The summed E-state index contributed by atoms with van der Waals surface area (Å²) in [5.41, 5.74) is 6.60. The Balaban J connectivity index is 1.56. The third kappa shape index (κ3) is 5.09. The van der Waals surface area contributed by atoms with Crippen molar-refractivity contribution in [2.75, 3.05) is 13.7 Å². The number of benzene rings is 3. The first-order valence-corrected chi connectivity index (χ1v) is 11.0. The van der Waals surface area contributed by atoms with Crippen molar-refractivity contribution in [3.05, 3.63) is 95.1 Å². The van der Waals surface area contributed by atoms with E-state index in [1.807, 2.05) is 24.3 Å². The first-order chi connectivity index (χ1) is 15.6. The molecule has 0 bridgehead atoms. The van der Waals surface area contributed by atoms with Gasteiger partial charge in [-0.15, -0.1) is 0 Å². The number of aliphatic hydroxyl groups is 3. The van der Waals surface area contributed by atoms with E-state index in [9.17, 15) is 15.3 Å². The summed E-state index contributed by atoms with van der Waals surface area (Å²) < 4.78 is 11.3. The number of aliphatic hydroxyl groups excluding tert-OH is 3. The molecule has 0 spiro atoms. The zero-order valence-electron chi connectivity index (χ0n) is 18.2. The molecule has 1 heterocycles. The number of hydrogen-bond donors (Lipinski definition) is 3. The van der Waals surface area contributed by atoms with Gasteiger partial charge in [-0.1, -0.05) is 72.8 Å². The summed E-state index contributed by atoms with van der Waals surface area (Å²) in [6.45, 7) is 0.0749. The predicted molar refractivity (Wildman–Crippen MR) is 123 cm³/mol. The van der Waals surface area contributed by atoms with E-state index in [4.69, 9.17) is 9.47 Å². The zero-order chi connectivity index (χ0) is 22.5. The van der Waals surface area contributed by atoms with Gasteiger partial charge in [-0.2, -0.15) is 0 Å². The van der Waals surface area contributed by atoms with Gasteiger partial charge in [0.15, 0.2) is 0 Å². The molecular formula is C27H30O5. The molecule has 0 aliphatic carbocycles. The minimum absolute atomic E-state index is 0.267. The van der Waals surface area contributed by atoms with Crippen LogP contribution in [-0.4, -0.2) is 47.3 Å². The maximum Gasteiger partial charge on any atom is 0.110 e. The second-order valence-corrected chi connectivity index (χ2v) is 8.35. The van der Waals surface area contributed by atoms with Crippen LogP contribution in [0.15, 0.2) is 72.8 Å². The van der Waals surface area contributed by atoms with Crippen molar-refractivity contribution in [2.45, 2.75) is 43.9 Å². The molecule has 3 N–H and O–H groups in total. The van der Waals surface area contributed by atoms with E-state index < -0.39 is 24.4 Å². The molecule has 4 rings (SSSR count). The number of ether oxygens (including phenoxy) is 2. The third-order valence-corrected chi connectivity index (χ3v) is 6.08. The molecule has 0 saturated carbocycles. The summed E-state index contributed by atoms with van der Waals surface area (Å²) in [6.07, 6.45) is -2.24. The van der Waals surface area contributed by atoms with Crippen LogP contribution in [0.25, 0.3) is 11.1 Å². The van der Waals surface area contributed by atoms with Gasteiger partial charge >= 0.3 is 0 Å². The van der Waals surface area contributed by atoms with E-state index in [-0.39, 0.29) is 13.0 Å². The van der Waals surface area contributed by atoms with Crippen LogP contribution in [0.1, 0.15) is 34.8 Å². The third-order valence-electron chi connectivity index (χ3n) is 6.08. The van der Waals surface area contributed by atoms with E-state index in [0.717, 1.165) is 23.1 Å². The highest BCUT2D eigenvalue weighted by Crippen LogP contribution is 2.35. The summed E-state index contributed by atoms with van der Waals surface area (Å²) >= 11 is 0. The molecule has 4 atom stereocenters. The lowest BCUT2D eigenvalue weighted by Gasteiger charge is -2.37. The molecule has 0 amide bonds. The Morgan fingerprint density at radius 1 is 0.906 bits per heavy atom. The smallest absolute Gasteiger partial charge is 0.110 e. The highest BCUT2D eigenvalue weighted by molar-refractivity contribution is 5.63. The Labute approximate surface area is 188 Å². The van der Waals surface area contributed by atoms with Crippen molar-refractivity contribution in [1.82, 2.24) is 0 Å².